The number of carbonyl (C=O) groups excluding carboxylic acids is 1. The summed E-state index contributed by atoms with van der Waals surface area (Å²) in [4.78, 5) is 13.5. The van der Waals surface area contributed by atoms with E-state index in [0.717, 1.165) is 26.2 Å². The summed E-state index contributed by atoms with van der Waals surface area (Å²) < 4.78 is 5.12. The number of ether oxygens (including phenoxy) is 1. The maximum absolute atomic E-state index is 11.0. The van der Waals surface area contributed by atoms with Gasteiger partial charge < -0.3 is 10.1 Å². The average molecular weight is 363 g/mol. The normalized spacial score (nSPS) is 16.7. The van der Waals surface area contributed by atoms with E-state index in [1.54, 1.807) is 0 Å². The summed E-state index contributed by atoms with van der Waals surface area (Å²) in [5.41, 5.74) is 1.43. The molecule has 0 radical (unpaired) electrons. The van der Waals surface area contributed by atoms with Gasteiger partial charge >= 0.3 is 5.97 Å². The van der Waals surface area contributed by atoms with Crippen molar-refractivity contribution >= 4 is 30.8 Å². The van der Waals surface area contributed by atoms with Crippen LogP contribution in [0.25, 0.3) is 0 Å². The third kappa shape index (κ3) is 6.30. The summed E-state index contributed by atoms with van der Waals surface area (Å²) in [5.74, 6) is 0.330. The quantitative estimate of drug-likeness (QED) is 0.660. The van der Waals surface area contributed by atoms with E-state index in [1.165, 1.54) is 12.5 Å². The lowest BCUT2D eigenvalue weighted by molar-refractivity contribution is -0.131. The minimum absolute atomic E-state index is 0. The van der Waals surface area contributed by atoms with E-state index in [9.17, 15) is 4.79 Å². The second-order valence-electron chi connectivity index (χ2n) is 6.72. The Bertz CT molecular complexity index is 480. The van der Waals surface area contributed by atoms with Gasteiger partial charge in [-0.15, -0.1) is 24.8 Å². The molecule has 1 aliphatic rings. The second-order valence-corrected chi connectivity index (χ2v) is 6.72. The van der Waals surface area contributed by atoms with Gasteiger partial charge in [-0.05, 0) is 23.1 Å². The number of halogens is 2. The van der Waals surface area contributed by atoms with E-state index in [-0.39, 0.29) is 36.2 Å². The van der Waals surface area contributed by atoms with Crippen LogP contribution in [0, 0.1) is 5.41 Å². The number of piperazine rings is 1. The molecule has 6 heteroatoms. The molecule has 1 aliphatic heterocycles. The summed E-state index contributed by atoms with van der Waals surface area (Å²) in [7, 11) is 0. The topological polar surface area (TPSA) is 41.6 Å². The number of nitrogens with zero attached hydrogens (tertiary/aromatic N) is 1. The van der Waals surface area contributed by atoms with Crippen LogP contribution in [-0.2, 0) is 4.79 Å². The van der Waals surface area contributed by atoms with Crippen molar-refractivity contribution in [3.63, 3.8) is 0 Å². The molecule has 1 heterocycles. The molecule has 4 nitrogen and oxygen atoms in total. The molecule has 0 bridgehead atoms. The Balaban J connectivity index is 0.00000242. The van der Waals surface area contributed by atoms with E-state index in [0.29, 0.717) is 11.8 Å². The lowest BCUT2D eigenvalue weighted by Crippen LogP contribution is -2.48. The summed E-state index contributed by atoms with van der Waals surface area (Å²) >= 11 is 0. The lowest BCUT2D eigenvalue weighted by atomic mass is 9.81. The number of hydrogen-bond donors (Lipinski definition) is 1. The highest BCUT2D eigenvalue weighted by molar-refractivity contribution is 5.85. The Kier molecular flexibility index (Phi) is 9.14. The van der Waals surface area contributed by atoms with E-state index in [4.69, 9.17) is 4.74 Å². The first-order chi connectivity index (χ1) is 9.88. The number of benzene rings is 1. The van der Waals surface area contributed by atoms with Gasteiger partial charge in [0.15, 0.2) is 0 Å². The zero-order valence-corrected chi connectivity index (χ0v) is 15.9. The van der Waals surface area contributed by atoms with Crippen LogP contribution < -0.4 is 10.1 Å². The van der Waals surface area contributed by atoms with Crippen LogP contribution >= 0.6 is 24.8 Å². The van der Waals surface area contributed by atoms with Gasteiger partial charge in [0.1, 0.15) is 5.75 Å². The van der Waals surface area contributed by atoms with Crippen molar-refractivity contribution in [1.82, 2.24) is 10.2 Å². The molecule has 1 aromatic rings. The number of esters is 1. The minimum Gasteiger partial charge on any atom is -0.427 e. The molecule has 0 amide bonds. The van der Waals surface area contributed by atoms with Gasteiger partial charge in [0.05, 0.1) is 0 Å². The fraction of sp³-hybridized carbons (Fsp3) is 0.588. The van der Waals surface area contributed by atoms with Crippen molar-refractivity contribution in [3.05, 3.63) is 29.8 Å². The van der Waals surface area contributed by atoms with Crippen LogP contribution in [0.4, 0.5) is 0 Å². The van der Waals surface area contributed by atoms with Crippen LogP contribution in [0.5, 0.6) is 5.75 Å². The van der Waals surface area contributed by atoms with E-state index >= 15 is 0 Å². The van der Waals surface area contributed by atoms with Crippen molar-refractivity contribution < 1.29 is 9.53 Å². The summed E-state index contributed by atoms with van der Waals surface area (Å²) in [6.07, 6.45) is 0. The SMILES string of the molecule is CC(=O)Oc1ccc([C@@H](N2CCNCC2)C(C)(C)C)cc1.Cl.Cl. The first-order valence-corrected chi connectivity index (χ1v) is 7.61. The first kappa shape index (κ1) is 22.2. The van der Waals surface area contributed by atoms with Crippen LogP contribution in [0.1, 0.15) is 39.3 Å². The molecule has 1 atom stereocenters. The molecular formula is C17H28Cl2N2O2. The van der Waals surface area contributed by atoms with Crippen molar-refractivity contribution in [3.8, 4) is 5.75 Å². The number of rotatable bonds is 3. The largest absolute Gasteiger partial charge is 0.427 e. The average Bonchev–Trinajstić information content (AvgIpc) is 2.40. The standard InChI is InChI=1S/C17H26N2O2.2ClH/c1-13(20)21-15-7-5-14(6-8-15)16(17(2,3)4)19-11-9-18-10-12-19;;/h5-8,16,18H,9-12H2,1-4H3;2*1H/t16-;;/m1../s1. The maximum atomic E-state index is 11.0. The van der Waals surface area contributed by atoms with Crippen molar-refractivity contribution in [2.75, 3.05) is 26.2 Å². The van der Waals surface area contributed by atoms with Crippen molar-refractivity contribution in [2.45, 2.75) is 33.7 Å². The monoisotopic (exact) mass is 362 g/mol. The van der Waals surface area contributed by atoms with E-state index in [1.807, 2.05) is 12.1 Å². The third-order valence-corrected chi connectivity index (χ3v) is 3.79. The van der Waals surface area contributed by atoms with Gasteiger partial charge in [-0.25, -0.2) is 0 Å². The zero-order chi connectivity index (χ0) is 15.5. The molecule has 2 rings (SSSR count). The highest BCUT2D eigenvalue weighted by Crippen LogP contribution is 2.38. The highest BCUT2D eigenvalue weighted by atomic mass is 35.5. The van der Waals surface area contributed by atoms with Crippen molar-refractivity contribution in [2.24, 2.45) is 5.41 Å². The van der Waals surface area contributed by atoms with Crippen LogP contribution in [0.3, 0.4) is 0 Å². The summed E-state index contributed by atoms with van der Waals surface area (Å²) in [6.45, 7) is 12.5. The fourth-order valence-electron chi connectivity index (χ4n) is 3.08. The van der Waals surface area contributed by atoms with Gasteiger partial charge in [0.25, 0.3) is 0 Å². The molecular weight excluding hydrogens is 335 g/mol. The smallest absolute Gasteiger partial charge is 0.308 e. The fourth-order valence-corrected chi connectivity index (χ4v) is 3.08. The molecule has 1 fully saturated rings. The molecule has 0 unspecified atom stereocenters. The Morgan fingerprint density at radius 3 is 2.09 bits per heavy atom. The summed E-state index contributed by atoms with van der Waals surface area (Å²) in [6, 6.07) is 8.30. The van der Waals surface area contributed by atoms with Crippen molar-refractivity contribution in [1.29, 1.82) is 0 Å². The van der Waals surface area contributed by atoms with E-state index < -0.39 is 0 Å². The number of nitrogens with one attached hydrogen (secondary N) is 1. The molecule has 1 saturated heterocycles. The second kappa shape index (κ2) is 9.48. The molecule has 0 saturated carbocycles. The third-order valence-electron chi connectivity index (χ3n) is 3.79. The maximum Gasteiger partial charge on any atom is 0.308 e. The van der Waals surface area contributed by atoms with Gasteiger partial charge in [-0.2, -0.15) is 0 Å². The van der Waals surface area contributed by atoms with Crippen LogP contribution in [-0.4, -0.2) is 37.0 Å². The zero-order valence-electron chi connectivity index (χ0n) is 14.3. The molecule has 0 aliphatic carbocycles. The molecule has 1 aromatic carbocycles. The predicted octanol–water partition coefficient (Wildman–Crippen LogP) is 3.45. The molecule has 1 N–H and O–H groups in total. The number of carbonyl (C=O) groups is 1. The van der Waals surface area contributed by atoms with Gasteiger partial charge in [0.2, 0.25) is 0 Å². The van der Waals surface area contributed by atoms with Gasteiger partial charge in [-0.3, -0.25) is 9.69 Å². The predicted molar refractivity (Wildman–Crippen MR) is 98.9 cm³/mol. The Morgan fingerprint density at radius 1 is 1.13 bits per heavy atom. The van der Waals surface area contributed by atoms with E-state index in [2.05, 4.69) is 43.1 Å². The number of hydrogen-bond acceptors (Lipinski definition) is 4. The lowest BCUT2D eigenvalue weighted by Gasteiger charge is -2.42. The molecule has 0 spiro atoms. The Hall–Kier alpha value is -0.810. The minimum atomic E-state index is -0.280. The van der Waals surface area contributed by atoms with Crippen LogP contribution in [0.2, 0.25) is 0 Å². The molecule has 0 aromatic heterocycles. The highest BCUT2D eigenvalue weighted by Gasteiger charge is 2.32. The molecule has 132 valence electrons. The Morgan fingerprint density at radius 2 is 1.65 bits per heavy atom. The first-order valence-electron chi connectivity index (χ1n) is 7.61. The molecule has 23 heavy (non-hydrogen) atoms. The van der Waals surface area contributed by atoms with Gasteiger partial charge in [-0.1, -0.05) is 32.9 Å². The Labute approximate surface area is 151 Å². The van der Waals surface area contributed by atoms with Gasteiger partial charge in [0, 0.05) is 39.1 Å². The van der Waals surface area contributed by atoms with Crippen LogP contribution in [0.15, 0.2) is 24.3 Å². The summed E-state index contributed by atoms with van der Waals surface area (Å²) in [5, 5.41) is 3.40.